The summed E-state index contributed by atoms with van der Waals surface area (Å²) in [5.74, 6) is -0.923. The summed E-state index contributed by atoms with van der Waals surface area (Å²) in [6, 6.07) is 13.4. The van der Waals surface area contributed by atoms with E-state index in [1.807, 2.05) is 0 Å². The molecule has 0 saturated heterocycles. The Hall–Kier alpha value is -3.60. The number of aromatic nitrogens is 2. The van der Waals surface area contributed by atoms with Crippen molar-refractivity contribution in [2.75, 3.05) is 25.3 Å². The monoisotopic (exact) mass is 477 g/mol. The summed E-state index contributed by atoms with van der Waals surface area (Å²) in [6.45, 7) is 0. The van der Waals surface area contributed by atoms with Crippen LogP contribution >= 0.6 is 11.8 Å². The minimum absolute atomic E-state index is 0.0546. The highest BCUT2D eigenvalue weighted by atomic mass is 32.2. The molecule has 0 spiro atoms. The van der Waals surface area contributed by atoms with Crippen molar-refractivity contribution in [3.8, 4) is 17.0 Å². The normalized spacial score (nSPS) is 11.1. The molecule has 1 heterocycles. The maximum Gasteiger partial charge on any atom is 0.433 e. The number of benzene rings is 2. The summed E-state index contributed by atoms with van der Waals surface area (Å²) in [6.07, 6.45) is -4.69. The number of nitrogens with one attached hydrogen (secondary N) is 1. The summed E-state index contributed by atoms with van der Waals surface area (Å²) in [4.78, 5) is 31.9. The lowest BCUT2D eigenvalue weighted by Gasteiger charge is -2.11. The Morgan fingerprint density at radius 3 is 2.36 bits per heavy atom. The van der Waals surface area contributed by atoms with E-state index < -0.39 is 23.7 Å². The number of anilines is 1. The van der Waals surface area contributed by atoms with E-state index in [4.69, 9.17) is 4.74 Å². The molecular weight excluding hydrogens is 459 g/mol. The van der Waals surface area contributed by atoms with Crippen molar-refractivity contribution < 1.29 is 32.2 Å². The number of rotatable bonds is 7. The van der Waals surface area contributed by atoms with E-state index in [9.17, 15) is 22.8 Å². The van der Waals surface area contributed by atoms with Crippen LogP contribution in [0.2, 0.25) is 0 Å². The summed E-state index contributed by atoms with van der Waals surface area (Å²) in [7, 11) is 2.69. The quantitative estimate of drug-likeness (QED) is 0.300. The molecule has 11 heteroatoms. The van der Waals surface area contributed by atoms with Crippen LogP contribution in [0.1, 0.15) is 16.1 Å². The van der Waals surface area contributed by atoms with E-state index in [2.05, 4.69) is 20.0 Å². The average Bonchev–Trinajstić information content (AvgIpc) is 2.82. The average molecular weight is 477 g/mol. The maximum absolute atomic E-state index is 13.4. The highest BCUT2D eigenvalue weighted by Crippen LogP contribution is 2.32. The molecule has 33 heavy (non-hydrogen) atoms. The fourth-order valence-electron chi connectivity index (χ4n) is 2.74. The Balaban J connectivity index is 1.80. The molecule has 7 nitrogen and oxygen atoms in total. The first-order chi connectivity index (χ1) is 15.7. The van der Waals surface area contributed by atoms with Crippen LogP contribution in [0.15, 0.2) is 59.8 Å². The molecule has 1 amide bonds. The molecule has 0 atom stereocenters. The Labute approximate surface area is 191 Å². The maximum atomic E-state index is 13.4. The summed E-state index contributed by atoms with van der Waals surface area (Å²) >= 11 is 0.739. The molecule has 0 saturated carbocycles. The Kier molecular flexibility index (Phi) is 7.54. The molecule has 0 radical (unpaired) electrons. The number of nitrogens with zero attached hydrogens (tertiary/aromatic N) is 2. The van der Waals surface area contributed by atoms with Gasteiger partial charge in [-0.05, 0) is 42.5 Å². The van der Waals surface area contributed by atoms with Crippen LogP contribution in [0.3, 0.4) is 0 Å². The number of ether oxygens (including phenoxy) is 2. The molecule has 1 aromatic heterocycles. The number of hydrogen-bond donors (Lipinski definition) is 1. The van der Waals surface area contributed by atoms with Gasteiger partial charge in [0.1, 0.15) is 11.4 Å². The van der Waals surface area contributed by atoms with Gasteiger partial charge in [-0.25, -0.2) is 14.8 Å². The highest BCUT2D eigenvalue weighted by molar-refractivity contribution is 7.99. The van der Waals surface area contributed by atoms with Crippen molar-refractivity contribution in [2.45, 2.75) is 11.3 Å². The van der Waals surface area contributed by atoms with E-state index in [-0.39, 0.29) is 27.9 Å². The number of thioether (sulfide) groups is 1. The van der Waals surface area contributed by atoms with Gasteiger partial charge in [0.2, 0.25) is 5.91 Å². The highest BCUT2D eigenvalue weighted by Gasteiger charge is 2.34. The third kappa shape index (κ3) is 6.22. The van der Waals surface area contributed by atoms with E-state index in [1.54, 1.807) is 36.4 Å². The van der Waals surface area contributed by atoms with Crippen molar-refractivity contribution >= 4 is 29.3 Å². The molecule has 0 unspecified atom stereocenters. The van der Waals surface area contributed by atoms with Crippen LogP contribution in [0.5, 0.6) is 5.75 Å². The molecule has 3 aromatic rings. The second-order valence-electron chi connectivity index (χ2n) is 6.52. The predicted molar refractivity (Wildman–Crippen MR) is 116 cm³/mol. The number of hydrogen-bond acceptors (Lipinski definition) is 7. The SMILES string of the molecule is COC(=O)c1ccccc1NC(=O)CSc1nc(-c2ccc(OC)cc2)cc(C(F)(F)F)n1. The van der Waals surface area contributed by atoms with Gasteiger partial charge in [-0.15, -0.1) is 0 Å². The van der Waals surface area contributed by atoms with Gasteiger partial charge in [0.25, 0.3) is 0 Å². The molecule has 0 aliphatic heterocycles. The zero-order chi connectivity index (χ0) is 24.0. The Bertz CT molecular complexity index is 1150. The zero-order valence-electron chi connectivity index (χ0n) is 17.5. The lowest BCUT2D eigenvalue weighted by Crippen LogP contribution is -2.17. The van der Waals surface area contributed by atoms with Gasteiger partial charge in [0.05, 0.1) is 36.9 Å². The predicted octanol–water partition coefficient (Wildman–Crippen LogP) is 4.69. The molecule has 2 aromatic carbocycles. The number of amides is 1. The van der Waals surface area contributed by atoms with Gasteiger partial charge >= 0.3 is 12.1 Å². The number of esters is 1. The van der Waals surface area contributed by atoms with Crippen LogP contribution in [0, 0.1) is 0 Å². The zero-order valence-corrected chi connectivity index (χ0v) is 18.3. The van der Waals surface area contributed by atoms with Gasteiger partial charge in [-0.2, -0.15) is 13.2 Å². The Morgan fingerprint density at radius 1 is 1.03 bits per heavy atom. The fourth-order valence-corrected chi connectivity index (χ4v) is 3.40. The summed E-state index contributed by atoms with van der Waals surface area (Å²) in [5.41, 5.74) is -0.266. The lowest BCUT2D eigenvalue weighted by molar-refractivity contribution is -0.141. The van der Waals surface area contributed by atoms with Crippen molar-refractivity contribution in [1.82, 2.24) is 9.97 Å². The number of halogens is 3. The minimum atomic E-state index is -4.69. The van der Waals surface area contributed by atoms with Gasteiger partial charge in [-0.1, -0.05) is 23.9 Å². The molecule has 0 aliphatic rings. The standard InChI is InChI=1S/C22H18F3N3O4S/c1-31-14-9-7-13(8-10-14)17-11-18(22(23,24)25)28-21(27-17)33-12-19(29)26-16-6-4-3-5-15(16)20(30)32-2/h3-11H,12H2,1-2H3,(H,26,29). The van der Waals surface area contributed by atoms with Gasteiger partial charge in [0, 0.05) is 5.56 Å². The van der Waals surface area contributed by atoms with Crippen LogP contribution in [0.4, 0.5) is 18.9 Å². The first-order valence-corrected chi connectivity index (χ1v) is 10.4. The van der Waals surface area contributed by atoms with Crippen LogP contribution in [0.25, 0.3) is 11.3 Å². The first-order valence-electron chi connectivity index (χ1n) is 9.42. The second kappa shape index (κ2) is 10.3. The molecular formula is C22H18F3N3O4S. The topological polar surface area (TPSA) is 90.4 Å². The number of alkyl halides is 3. The van der Waals surface area contributed by atoms with Crippen LogP contribution in [-0.4, -0.2) is 41.8 Å². The molecule has 3 rings (SSSR count). The summed E-state index contributed by atoms with van der Waals surface area (Å²) in [5, 5.41) is 2.33. The van der Waals surface area contributed by atoms with Crippen molar-refractivity contribution in [3.63, 3.8) is 0 Å². The molecule has 0 bridgehead atoms. The molecule has 0 fully saturated rings. The van der Waals surface area contributed by atoms with E-state index in [1.165, 1.54) is 26.4 Å². The van der Waals surface area contributed by atoms with E-state index in [0.717, 1.165) is 17.8 Å². The smallest absolute Gasteiger partial charge is 0.433 e. The van der Waals surface area contributed by atoms with Crippen molar-refractivity contribution in [3.05, 3.63) is 65.9 Å². The number of methoxy groups -OCH3 is 2. The first kappa shape index (κ1) is 24.1. The molecule has 0 aliphatic carbocycles. The third-order valence-electron chi connectivity index (χ3n) is 4.32. The minimum Gasteiger partial charge on any atom is -0.497 e. The van der Waals surface area contributed by atoms with Gasteiger partial charge in [-0.3, -0.25) is 4.79 Å². The fraction of sp³-hybridized carbons (Fsp3) is 0.182. The summed E-state index contributed by atoms with van der Waals surface area (Å²) < 4.78 is 49.9. The van der Waals surface area contributed by atoms with Crippen molar-refractivity contribution in [2.24, 2.45) is 0 Å². The van der Waals surface area contributed by atoms with E-state index >= 15 is 0 Å². The van der Waals surface area contributed by atoms with Gasteiger partial charge in [0.15, 0.2) is 5.16 Å². The largest absolute Gasteiger partial charge is 0.497 e. The van der Waals surface area contributed by atoms with Crippen molar-refractivity contribution in [1.29, 1.82) is 0 Å². The third-order valence-corrected chi connectivity index (χ3v) is 5.17. The molecule has 172 valence electrons. The number of carbonyl (C=O) groups is 2. The van der Waals surface area contributed by atoms with E-state index in [0.29, 0.717) is 11.3 Å². The van der Waals surface area contributed by atoms with Crippen LogP contribution in [-0.2, 0) is 15.7 Å². The second-order valence-corrected chi connectivity index (χ2v) is 7.46. The number of para-hydroxylation sites is 1. The van der Waals surface area contributed by atoms with Gasteiger partial charge < -0.3 is 14.8 Å². The number of carbonyl (C=O) groups excluding carboxylic acids is 2. The molecule has 1 N–H and O–H groups in total. The van der Waals surface area contributed by atoms with Crippen LogP contribution < -0.4 is 10.1 Å². The Morgan fingerprint density at radius 2 is 1.73 bits per heavy atom. The lowest BCUT2D eigenvalue weighted by atomic mass is 10.1.